The van der Waals surface area contributed by atoms with Crippen molar-refractivity contribution < 1.29 is 9.90 Å². The van der Waals surface area contributed by atoms with Crippen LogP contribution in [-0.4, -0.2) is 16.8 Å². The highest BCUT2D eigenvalue weighted by atomic mass is 16.4. The molecule has 152 valence electrons. The molecule has 3 heteroatoms. The Morgan fingerprint density at radius 1 is 1.10 bits per heavy atom. The highest BCUT2D eigenvalue weighted by Gasteiger charge is 2.36. The number of carboxylic acids is 1. The Labute approximate surface area is 177 Å². The molecule has 3 aliphatic rings. The monoisotopic (exact) mass is 397 g/mol. The van der Waals surface area contributed by atoms with Crippen molar-refractivity contribution in [3.63, 3.8) is 0 Å². The van der Waals surface area contributed by atoms with Gasteiger partial charge in [0.05, 0.1) is 12.1 Å². The Balaban J connectivity index is 1.83. The van der Waals surface area contributed by atoms with Gasteiger partial charge in [0.15, 0.2) is 0 Å². The van der Waals surface area contributed by atoms with Crippen LogP contribution in [0.5, 0.6) is 0 Å². The lowest BCUT2D eigenvalue weighted by atomic mass is 9.71. The zero-order valence-corrected chi connectivity index (χ0v) is 17.8. The first-order valence-electron chi connectivity index (χ1n) is 10.8. The molecular formula is C27H27NO2. The van der Waals surface area contributed by atoms with Crippen LogP contribution in [0.15, 0.2) is 47.5 Å². The summed E-state index contributed by atoms with van der Waals surface area (Å²) < 4.78 is 0. The summed E-state index contributed by atoms with van der Waals surface area (Å²) in [5, 5.41) is 9.67. The van der Waals surface area contributed by atoms with Gasteiger partial charge in [-0.1, -0.05) is 48.1 Å². The highest BCUT2D eigenvalue weighted by molar-refractivity contribution is 6.07. The van der Waals surface area contributed by atoms with Crippen LogP contribution in [0.4, 0.5) is 5.69 Å². The molecule has 2 aliphatic carbocycles. The molecule has 1 heterocycles. The maximum absolute atomic E-state index is 11.8. The molecule has 5 rings (SSSR count). The van der Waals surface area contributed by atoms with Gasteiger partial charge in [0.25, 0.3) is 0 Å². The van der Waals surface area contributed by atoms with Crippen LogP contribution in [0.2, 0.25) is 0 Å². The Morgan fingerprint density at radius 2 is 1.87 bits per heavy atom. The van der Waals surface area contributed by atoms with E-state index in [1.54, 1.807) is 0 Å². The van der Waals surface area contributed by atoms with Crippen molar-refractivity contribution in [2.24, 2.45) is 16.8 Å². The second-order valence-electron chi connectivity index (χ2n) is 8.96. The van der Waals surface area contributed by atoms with Crippen molar-refractivity contribution in [1.29, 1.82) is 0 Å². The second-order valence-corrected chi connectivity index (χ2v) is 8.96. The summed E-state index contributed by atoms with van der Waals surface area (Å²) >= 11 is 0. The molecule has 1 fully saturated rings. The molecule has 3 nitrogen and oxygen atoms in total. The van der Waals surface area contributed by atoms with Gasteiger partial charge in [-0.2, -0.15) is 0 Å². The van der Waals surface area contributed by atoms with Gasteiger partial charge in [-0.25, -0.2) is 0 Å². The number of benzene rings is 2. The number of nitrogens with zero attached hydrogens (tertiary/aromatic N) is 1. The Kier molecular flexibility index (Phi) is 4.50. The summed E-state index contributed by atoms with van der Waals surface area (Å²) in [6.07, 6.45) is 10.2. The van der Waals surface area contributed by atoms with Gasteiger partial charge in [0, 0.05) is 17.2 Å². The molecule has 2 atom stereocenters. The number of aryl methyl sites for hydroxylation is 1. The molecule has 2 unspecified atom stereocenters. The number of carboxylic acid groups (broad SMARTS) is 1. The first kappa shape index (κ1) is 19.0. The first-order chi connectivity index (χ1) is 14.4. The third kappa shape index (κ3) is 2.96. The lowest BCUT2D eigenvalue weighted by molar-refractivity contribution is -0.136. The summed E-state index contributed by atoms with van der Waals surface area (Å²) in [5.74, 6) is 0.221. The number of aliphatic carboxylic acids is 1. The van der Waals surface area contributed by atoms with Crippen LogP contribution < -0.4 is 0 Å². The minimum atomic E-state index is -0.802. The van der Waals surface area contributed by atoms with Crippen LogP contribution in [0, 0.1) is 32.6 Å². The predicted molar refractivity (Wildman–Crippen MR) is 122 cm³/mol. The molecule has 2 aromatic rings. The van der Waals surface area contributed by atoms with Crippen molar-refractivity contribution in [3.05, 3.63) is 70.3 Å². The molecule has 30 heavy (non-hydrogen) atoms. The van der Waals surface area contributed by atoms with E-state index in [1.165, 1.54) is 22.4 Å². The van der Waals surface area contributed by atoms with Gasteiger partial charge in [0.1, 0.15) is 0 Å². The number of hydrogen-bond donors (Lipinski definition) is 1. The quantitative estimate of drug-likeness (QED) is 0.655. The zero-order chi connectivity index (χ0) is 21.0. The predicted octanol–water partition coefficient (Wildman–Crippen LogP) is 6.36. The minimum absolute atomic E-state index is 0.0124. The normalized spacial score (nSPS) is 21.4. The van der Waals surface area contributed by atoms with E-state index in [0.29, 0.717) is 11.8 Å². The molecule has 0 amide bonds. The van der Waals surface area contributed by atoms with E-state index in [4.69, 9.17) is 4.99 Å². The van der Waals surface area contributed by atoms with Crippen molar-refractivity contribution >= 4 is 22.9 Å². The average Bonchev–Trinajstić information content (AvgIpc) is 2.91. The van der Waals surface area contributed by atoms with Crippen molar-refractivity contribution in [3.8, 4) is 11.1 Å². The number of aliphatic imine (C=N–C) groups is 1. The third-order valence-electron chi connectivity index (χ3n) is 7.06. The maximum atomic E-state index is 11.8. The molecule has 1 N–H and O–H groups in total. The fraction of sp³-hybridized carbons (Fsp3) is 0.333. The summed E-state index contributed by atoms with van der Waals surface area (Å²) in [6.45, 7) is 6.28. The number of carbonyl (C=O) groups is 1. The van der Waals surface area contributed by atoms with E-state index in [2.05, 4.69) is 63.3 Å². The van der Waals surface area contributed by atoms with Gasteiger partial charge in [0.2, 0.25) is 0 Å². The van der Waals surface area contributed by atoms with E-state index in [1.807, 2.05) is 0 Å². The van der Waals surface area contributed by atoms with Crippen LogP contribution >= 0.6 is 0 Å². The number of hydrogen-bond acceptors (Lipinski definition) is 2. The third-order valence-corrected chi connectivity index (χ3v) is 7.06. The van der Waals surface area contributed by atoms with Gasteiger partial charge in [-0.05, 0) is 79.3 Å². The average molecular weight is 398 g/mol. The van der Waals surface area contributed by atoms with E-state index < -0.39 is 5.97 Å². The molecule has 0 saturated heterocycles. The fourth-order valence-electron chi connectivity index (χ4n) is 5.54. The number of allylic oxidation sites excluding steroid dienone is 4. The summed E-state index contributed by atoms with van der Waals surface area (Å²) in [4.78, 5) is 16.9. The minimum Gasteiger partial charge on any atom is -0.481 e. The van der Waals surface area contributed by atoms with Gasteiger partial charge >= 0.3 is 5.97 Å². The number of rotatable bonds is 3. The lowest BCUT2D eigenvalue weighted by Gasteiger charge is -2.36. The lowest BCUT2D eigenvalue weighted by Crippen LogP contribution is -2.27. The molecule has 1 saturated carbocycles. The maximum Gasteiger partial charge on any atom is 0.307 e. The zero-order valence-electron chi connectivity index (χ0n) is 17.8. The fourth-order valence-corrected chi connectivity index (χ4v) is 5.54. The Morgan fingerprint density at radius 3 is 2.60 bits per heavy atom. The van der Waals surface area contributed by atoms with Gasteiger partial charge < -0.3 is 5.11 Å². The van der Waals surface area contributed by atoms with Gasteiger partial charge in [-0.3, -0.25) is 9.79 Å². The van der Waals surface area contributed by atoms with Crippen molar-refractivity contribution in [1.82, 2.24) is 0 Å². The van der Waals surface area contributed by atoms with E-state index in [9.17, 15) is 9.90 Å². The van der Waals surface area contributed by atoms with Crippen LogP contribution in [0.1, 0.15) is 47.1 Å². The SMILES string of the molecule is Cc1ccc(-c2c(C)c3c(c(C)c2CC(=O)O)N=C2CCC4C=CC=C3C2C4)cc1. The Bertz CT molecular complexity index is 1150. The van der Waals surface area contributed by atoms with Crippen LogP contribution in [-0.2, 0) is 11.2 Å². The topological polar surface area (TPSA) is 49.7 Å². The number of fused-ring (bicyclic) bond motifs is 3. The van der Waals surface area contributed by atoms with E-state index >= 15 is 0 Å². The molecule has 2 bridgehead atoms. The molecule has 0 radical (unpaired) electrons. The summed E-state index contributed by atoms with van der Waals surface area (Å²) in [7, 11) is 0. The van der Waals surface area contributed by atoms with Crippen molar-refractivity contribution in [2.75, 3.05) is 0 Å². The molecule has 2 aromatic carbocycles. The highest BCUT2D eigenvalue weighted by Crippen LogP contribution is 2.51. The standard InChI is InChI=1S/C27H27NO2/c1-15-7-10-19(11-8-15)25-17(3)26-20-6-4-5-18-9-12-23(22(20)13-18)28-27(26)16(2)21(25)14-24(29)30/h4-8,10-11,18,22H,9,12-14H2,1-3H3,(H,29,30). The van der Waals surface area contributed by atoms with E-state index in [0.717, 1.165) is 52.8 Å². The largest absolute Gasteiger partial charge is 0.481 e. The molecule has 0 spiro atoms. The first-order valence-corrected chi connectivity index (χ1v) is 10.8. The molecule has 0 aromatic heterocycles. The van der Waals surface area contributed by atoms with Crippen LogP contribution in [0.25, 0.3) is 16.7 Å². The Hall–Kier alpha value is -2.94. The summed E-state index contributed by atoms with van der Waals surface area (Å²) in [5.41, 5.74) is 11.3. The molecule has 1 aliphatic heterocycles. The summed E-state index contributed by atoms with van der Waals surface area (Å²) in [6, 6.07) is 8.43. The van der Waals surface area contributed by atoms with E-state index in [-0.39, 0.29) is 6.42 Å². The van der Waals surface area contributed by atoms with Crippen molar-refractivity contribution in [2.45, 2.75) is 46.5 Å². The molecular weight excluding hydrogens is 370 g/mol. The van der Waals surface area contributed by atoms with Gasteiger partial charge in [-0.15, -0.1) is 0 Å². The second kappa shape index (κ2) is 7.09. The van der Waals surface area contributed by atoms with Crippen LogP contribution in [0.3, 0.4) is 0 Å². The smallest absolute Gasteiger partial charge is 0.307 e.